The van der Waals surface area contributed by atoms with Crippen LogP contribution in [0.25, 0.3) is 0 Å². The highest BCUT2D eigenvalue weighted by Gasteiger charge is 2.16. The maximum Gasteiger partial charge on any atom is 0.278 e. The van der Waals surface area contributed by atoms with Gasteiger partial charge in [-0.3, -0.25) is 9.63 Å². The number of phenolic OH excluding ortho intramolecular Hbond substituents is 1. The molecule has 1 rings (SSSR count). The molecule has 88 valence electrons. The third-order valence-corrected chi connectivity index (χ3v) is 1.93. The lowest BCUT2D eigenvalue weighted by molar-refractivity contribution is -0.0590. The first-order chi connectivity index (χ1) is 7.31. The average molecular weight is 223 g/mol. The van der Waals surface area contributed by atoms with E-state index in [-0.39, 0.29) is 11.3 Å². The molecule has 0 saturated carbocycles. The predicted octanol–water partition coefficient (Wildman–Crippen LogP) is 2.16. The smallest absolute Gasteiger partial charge is 0.278 e. The summed E-state index contributed by atoms with van der Waals surface area (Å²) in [6.07, 6.45) is 0. The Morgan fingerprint density at radius 2 is 2.00 bits per heavy atom. The highest BCUT2D eigenvalue weighted by Crippen LogP contribution is 2.21. The van der Waals surface area contributed by atoms with Crippen LogP contribution in [-0.2, 0) is 4.84 Å². The van der Waals surface area contributed by atoms with Crippen LogP contribution in [0.5, 0.6) is 5.75 Å². The van der Waals surface area contributed by atoms with Gasteiger partial charge >= 0.3 is 0 Å². The molecular formula is C12H17NO3. The summed E-state index contributed by atoms with van der Waals surface area (Å²) in [4.78, 5) is 16.8. The summed E-state index contributed by atoms with van der Waals surface area (Å²) in [6, 6.07) is 4.99. The van der Waals surface area contributed by atoms with E-state index in [1.165, 1.54) is 0 Å². The van der Waals surface area contributed by atoms with E-state index in [2.05, 4.69) is 5.48 Å². The van der Waals surface area contributed by atoms with Gasteiger partial charge in [-0.25, -0.2) is 5.48 Å². The molecule has 4 heteroatoms. The maximum atomic E-state index is 11.7. The van der Waals surface area contributed by atoms with Crippen molar-refractivity contribution < 1.29 is 14.7 Å². The molecule has 2 N–H and O–H groups in total. The Balaban J connectivity index is 2.78. The van der Waals surface area contributed by atoms with Crippen molar-refractivity contribution >= 4 is 5.91 Å². The molecule has 0 aromatic heterocycles. The van der Waals surface area contributed by atoms with Crippen molar-refractivity contribution in [3.05, 3.63) is 29.3 Å². The lowest BCUT2D eigenvalue weighted by Crippen LogP contribution is -2.33. The zero-order valence-corrected chi connectivity index (χ0v) is 10.00. The van der Waals surface area contributed by atoms with Crippen molar-refractivity contribution in [2.45, 2.75) is 33.3 Å². The number of amides is 1. The Bertz CT molecular complexity index is 394. The predicted molar refractivity (Wildman–Crippen MR) is 61.1 cm³/mol. The van der Waals surface area contributed by atoms with E-state index in [1.54, 1.807) is 25.1 Å². The van der Waals surface area contributed by atoms with Gasteiger partial charge in [-0.2, -0.15) is 0 Å². The number of aryl methyl sites for hydroxylation is 1. The van der Waals surface area contributed by atoms with Crippen molar-refractivity contribution in [3.63, 3.8) is 0 Å². The SMILES string of the molecule is Cc1cccc(C(=O)NOC(C)(C)C)c1O. The quantitative estimate of drug-likeness (QED) is 0.755. The minimum atomic E-state index is -0.463. The second-order valence-electron chi connectivity index (χ2n) is 4.62. The molecule has 0 aliphatic heterocycles. The molecule has 0 spiro atoms. The van der Waals surface area contributed by atoms with Crippen LogP contribution < -0.4 is 5.48 Å². The summed E-state index contributed by atoms with van der Waals surface area (Å²) in [5, 5.41) is 9.68. The van der Waals surface area contributed by atoms with E-state index in [9.17, 15) is 9.90 Å². The van der Waals surface area contributed by atoms with Crippen LogP contribution in [-0.4, -0.2) is 16.6 Å². The molecule has 0 aliphatic rings. The standard InChI is InChI=1S/C12H17NO3/c1-8-6-5-7-9(10(8)14)11(15)13-16-12(2,3)4/h5-7,14H,1-4H3,(H,13,15). The van der Waals surface area contributed by atoms with Crippen LogP contribution in [0.4, 0.5) is 0 Å². The molecular weight excluding hydrogens is 206 g/mol. The molecule has 0 aliphatic carbocycles. The van der Waals surface area contributed by atoms with E-state index in [4.69, 9.17) is 4.84 Å². The number of rotatable bonds is 2. The lowest BCUT2D eigenvalue weighted by atomic mass is 10.1. The van der Waals surface area contributed by atoms with Gasteiger partial charge in [-0.15, -0.1) is 0 Å². The van der Waals surface area contributed by atoms with Gasteiger partial charge in [0.15, 0.2) is 0 Å². The average Bonchev–Trinajstić information content (AvgIpc) is 2.17. The van der Waals surface area contributed by atoms with Crippen molar-refractivity contribution in [1.82, 2.24) is 5.48 Å². The minimum absolute atomic E-state index is 0.0162. The summed E-state index contributed by atoms with van der Waals surface area (Å²) in [6.45, 7) is 7.20. The van der Waals surface area contributed by atoms with Crippen LogP contribution in [0.2, 0.25) is 0 Å². The molecule has 0 bridgehead atoms. The molecule has 0 heterocycles. The van der Waals surface area contributed by atoms with Gasteiger partial charge in [-0.1, -0.05) is 12.1 Å². The first-order valence-corrected chi connectivity index (χ1v) is 5.08. The van der Waals surface area contributed by atoms with E-state index in [1.807, 2.05) is 20.8 Å². The van der Waals surface area contributed by atoms with E-state index < -0.39 is 11.5 Å². The number of hydroxylamine groups is 1. The zero-order chi connectivity index (χ0) is 12.3. The van der Waals surface area contributed by atoms with Gasteiger partial charge in [0.05, 0.1) is 11.2 Å². The Hall–Kier alpha value is -1.55. The Kier molecular flexibility index (Phi) is 3.55. The van der Waals surface area contributed by atoms with E-state index >= 15 is 0 Å². The molecule has 0 radical (unpaired) electrons. The molecule has 0 atom stereocenters. The van der Waals surface area contributed by atoms with Crippen LogP contribution >= 0.6 is 0 Å². The Morgan fingerprint density at radius 3 is 2.56 bits per heavy atom. The van der Waals surface area contributed by atoms with Crippen LogP contribution in [0.1, 0.15) is 36.7 Å². The number of hydrogen-bond donors (Lipinski definition) is 2. The molecule has 0 unspecified atom stereocenters. The Morgan fingerprint density at radius 1 is 1.38 bits per heavy atom. The fraction of sp³-hybridized carbons (Fsp3) is 0.417. The van der Waals surface area contributed by atoms with Gasteiger partial charge in [0.25, 0.3) is 5.91 Å². The van der Waals surface area contributed by atoms with Gasteiger partial charge in [0, 0.05) is 0 Å². The summed E-state index contributed by atoms with van der Waals surface area (Å²) < 4.78 is 0. The number of phenols is 1. The van der Waals surface area contributed by atoms with Crippen LogP contribution in [0, 0.1) is 6.92 Å². The number of aromatic hydroxyl groups is 1. The minimum Gasteiger partial charge on any atom is -0.507 e. The van der Waals surface area contributed by atoms with E-state index in [0.29, 0.717) is 5.56 Å². The highest BCUT2D eigenvalue weighted by molar-refractivity contribution is 5.96. The molecule has 1 aromatic carbocycles. The Labute approximate surface area is 95.2 Å². The first-order valence-electron chi connectivity index (χ1n) is 5.08. The van der Waals surface area contributed by atoms with Crippen LogP contribution in [0.15, 0.2) is 18.2 Å². The number of carbonyl (C=O) groups excluding carboxylic acids is 1. The molecule has 1 amide bonds. The number of benzene rings is 1. The summed E-state index contributed by atoms with van der Waals surface area (Å²) >= 11 is 0. The third kappa shape index (κ3) is 3.24. The molecule has 0 fully saturated rings. The van der Waals surface area contributed by atoms with Gasteiger partial charge in [-0.05, 0) is 39.3 Å². The number of carbonyl (C=O) groups is 1. The third-order valence-electron chi connectivity index (χ3n) is 1.93. The number of hydrogen-bond acceptors (Lipinski definition) is 3. The van der Waals surface area contributed by atoms with Crippen LogP contribution in [0.3, 0.4) is 0 Å². The topological polar surface area (TPSA) is 58.6 Å². The van der Waals surface area contributed by atoms with Gasteiger partial charge < -0.3 is 5.11 Å². The van der Waals surface area contributed by atoms with Crippen molar-refractivity contribution in [2.75, 3.05) is 0 Å². The monoisotopic (exact) mass is 223 g/mol. The number of para-hydroxylation sites is 1. The molecule has 0 saturated heterocycles. The second-order valence-corrected chi connectivity index (χ2v) is 4.62. The zero-order valence-electron chi connectivity index (χ0n) is 10.00. The van der Waals surface area contributed by atoms with Crippen molar-refractivity contribution in [2.24, 2.45) is 0 Å². The van der Waals surface area contributed by atoms with Gasteiger partial charge in [0.2, 0.25) is 0 Å². The normalized spacial score (nSPS) is 11.2. The van der Waals surface area contributed by atoms with Crippen molar-refractivity contribution in [1.29, 1.82) is 0 Å². The van der Waals surface area contributed by atoms with Crippen molar-refractivity contribution in [3.8, 4) is 5.75 Å². The summed E-state index contributed by atoms with van der Waals surface area (Å²) in [5.41, 5.74) is 2.71. The molecule has 16 heavy (non-hydrogen) atoms. The fourth-order valence-electron chi connectivity index (χ4n) is 1.10. The summed E-state index contributed by atoms with van der Waals surface area (Å²) in [5.74, 6) is -0.464. The number of nitrogens with one attached hydrogen (secondary N) is 1. The molecule has 4 nitrogen and oxygen atoms in total. The summed E-state index contributed by atoms with van der Waals surface area (Å²) in [7, 11) is 0. The molecule has 1 aromatic rings. The first kappa shape index (κ1) is 12.5. The van der Waals surface area contributed by atoms with E-state index in [0.717, 1.165) is 0 Å². The largest absolute Gasteiger partial charge is 0.507 e. The highest BCUT2D eigenvalue weighted by atomic mass is 16.7. The second kappa shape index (κ2) is 4.53. The maximum absolute atomic E-state index is 11.7. The van der Waals surface area contributed by atoms with Gasteiger partial charge in [0.1, 0.15) is 5.75 Å². The lowest BCUT2D eigenvalue weighted by Gasteiger charge is -2.19. The fourth-order valence-corrected chi connectivity index (χ4v) is 1.10.